The van der Waals surface area contributed by atoms with E-state index in [4.69, 9.17) is 9.47 Å². The van der Waals surface area contributed by atoms with Gasteiger partial charge in [-0.2, -0.15) is 0 Å². The average Bonchev–Trinajstić information content (AvgIpc) is 3.04. The van der Waals surface area contributed by atoms with Gasteiger partial charge in [-0.05, 0) is 78.2 Å². The molecule has 2 N–H and O–H groups in total. The third kappa shape index (κ3) is 5.90. The first-order chi connectivity index (χ1) is 21.8. The van der Waals surface area contributed by atoms with E-state index < -0.39 is 78.7 Å². The maximum absolute atomic E-state index is 13.3. The van der Waals surface area contributed by atoms with Gasteiger partial charge in [0.05, 0.1) is 43.2 Å². The monoisotopic (exact) mass is 642 g/mol. The van der Waals surface area contributed by atoms with Gasteiger partial charge in [-0.15, -0.1) is 0 Å². The lowest BCUT2D eigenvalue weighted by molar-refractivity contribution is 0.0355. The zero-order valence-electron chi connectivity index (χ0n) is 23.8. The lowest BCUT2D eigenvalue weighted by atomic mass is 9.86. The topological polar surface area (TPSA) is 195 Å². The maximum atomic E-state index is 13.3. The van der Waals surface area contributed by atoms with Gasteiger partial charge in [0.1, 0.15) is 0 Å². The van der Waals surface area contributed by atoms with Crippen LogP contribution in [0.4, 0.5) is 0 Å². The number of fused-ring (bicyclic) bond motifs is 4. The number of hydrogen-bond acceptors (Lipinski definition) is 10. The minimum atomic E-state index is -4.25. The Balaban J connectivity index is 1.52. The molecule has 0 aliphatic carbocycles. The Morgan fingerprint density at radius 1 is 0.717 bits per heavy atom. The summed E-state index contributed by atoms with van der Waals surface area (Å²) >= 11 is 0. The Bertz CT molecular complexity index is 2100. The number of esters is 4. The quantitative estimate of drug-likeness (QED) is 0.207. The number of cyclic esters (lactones) is 2. The fourth-order valence-corrected chi connectivity index (χ4v) is 6.37. The Morgan fingerprint density at radius 2 is 1.37 bits per heavy atom. The van der Waals surface area contributed by atoms with Crippen molar-refractivity contribution in [3.63, 3.8) is 0 Å². The summed E-state index contributed by atoms with van der Waals surface area (Å²) in [6.45, 7) is 1.80. The van der Waals surface area contributed by atoms with Gasteiger partial charge in [0.15, 0.2) is 0 Å². The van der Waals surface area contributed by atoms with E-state index in [1.54, 1.807) is 19.1 Å². The minimum Gasteiger partial charge on any atom is -0.478 e. The number of sulfone groups is 1. The van der Waals surface area contributed by atoms with Gasteiger partial charge in [-0.3, -0.25) is 0 Å². The van der Waals surface area contributed by atoms with E-state index in [0.717, 1.165) is 30.3 Å². The fourth-order valence-electron chi connectivity index (χ4n) is 5.04. The first-order valence-electron chi connectivity index (χ1n) is 13.5. The second-order valence-corrected chi connectivity index (χ2v) is 12.0. The average molecular weight is 643 g/mol. The standard InChI is InChI=1S/C33H22O12S/c1-2-23(17-5-3-6-19(13-17)28(34)35)18-9-11-24(29(36)37)26(15-18)32(40)45-31(39)25-12-10-22-16-27(25)33(41)44-30(38)20-7-4-8-21(14-20)46(22,42)43/h3-16,23H,2H2,1H3,(H,34,35)(H,36,37). The summed E-state index contributed by atoms with van der Waals surface area (Å²) in [6, 6.07) is 17.4. The molecule has 13 heteroatoms. The molecule has 0 fully saturated rings. The number of carbonyl (C=O) groups excluding carboxylic acids is 4. The molecule has 0 radical (unpaired) electrons. The highest BCUT2D eigenvalue weighted by molar-refractivity contribution is 7.91. The van der Waals surface area contributed by atoms with Gasteiger partial charge in [0.25, 0.3) is 0 Å². The largest absolute Gasteiger partial charge is 0.478 e. The molecule has 5 rings (SSSR count). The number of aromatic carboxylic acids is 2. The van der Waals surface area contributed by atoms with Crippen LogP contribution in [0.25, 0.3) is 0 Å². The number of carboxylic acid groups (broad SMARTS) is 2. The van der Waals surface area contributed by atoms with Crippen molar-refractivity contribution in [3.8, 4) is 0 Å². The molecule has 1 heterocycles. The van der Waals surface area contributed by atoms with Crippen LogP contribution < -0.4 is 0 Å². The van der Waals surface area contributed by atoms with Crippen LogP contribution in [0.1, 0.15) is 92.5 Å². The van der Waals surface area contributed by atoms with Crippen LogP contribution in [0.5, 0.6) is 0 Å². The molecule has 1 unspecified atom stereocenters. The van der Waals surface area contributed by atoms with Gasteiger partial charge in [-0.1, -0.05) is 31.2 Å². The third-order valence-corrected chi connectivity index (χ3v) is 9.08. The zero-order chi connectivity index (χ0) is 33.3. The molecule has 4 aromatic carbocycles. The highest BCUT2D eigenvalue weighted by Crippen LogP contribution is 2.31. The third-order valence-electron chi connectivity index (χ3n) is 7.33. The SMILES string of the molecule is CCC(c1cccc(C(=O)O)c1)c1ccc(C(=O)O)c(C(=O)OC(=O)c2ccc3cc2C(=O)OC(=O)c2cccc(c2)S3(=O)=O)c1. The number of rotatable bonds is 7. The fraction of sp³-hybridized carbons (Fsp3) is 0.0909. The van der Waals surface area contributed by atoms with Crippen LogP contribution in [0, 0.1) is 0 Å². The Hall–Kier alpha value is -5.95. The van der Waals surface area contributed by atoms with Gasteiger partial charge in [0.2, 0.25) is 9.84 Å². The molecule has 1 atom stereocenters. The van der Waals surface area contributed by atoms with E-state index in [9.17, 15) is 47.4 Å². The second kappa shape index (κ2) is 12.2. The van der Waals surface area contributed by atoms with Crippen LogP contribution in [0.2, 0.25) is 0 Å². The predicted molar refractivity (Wildman–Crippen MR) is 157 cm³/mol. The van der Waals surface area contributed by atoms with Crippen LogP contribution in [-0.2, 0) is 19.3 Å². The molecule has 4 bridgehead atoms. The highest BCUT2D eigenvalue weighted by atomic mass is 32.2. The molecule has 0 amide bonds. The Morgan fingerprint density at radius 3 is 2.07 bits per heavy atom. The molecule has 46 heavy (non-hydrogen) atoms. The van der Waals surface area contributed by atoms with Crippen LogP contribution >= 0.6 is 0 Å². The van der Waals surface area contributed by atoms with Crippen molar-refractivity contribution in [1.29, 1.82) is 0 Å². The Kier molecular flexibility index (Phi) is 8.35. The van der Waals surface area contributed by atoms with Crippen molar-refractivity contribution < 1.29 is 56.9 Å². The van der Waals surface area contributed by atoms with E-state index in [2.05, 4.69) is 0 Å². The molecular formula is C33H22O12S. The second-order valence-electron chi connectivity index (χ2n) is 10.1. The lowest BCUT2D eigenvalue weighted by Crippen LogP contribution is -2.22. The van der Waals surface area contributed by atoms with Crippen LogP contribution in [-0.4, -0.2) is 54.4 Å². The number of carboxylic acids is 2. The lowest BCUT2D eigenvalue weighted by Gasteiger charge is -2.18. The summed E-state index contributed by atoms with van der Waals surface area (Å²) in [6.07, 6.45) is 0.423. The van der Waals surface area contributed by atoms with Gasteiger partial charge in [0, 0.05) is 5.92 Å². The number of hydrogen-bond donors (Lipinski definition) is 2. The summed E-state index contributed by atoms with van der Waals surface area (Å²) in [5.41, 5.74) is -1.55. The predicted octanol–water partition coefficient (Wildman–Crippen LogP) is 4.77. The van der Waals surface area contributed by atoms with E-state index >= 15 is 0 Å². The van der Waals surface area contributed by atoms with Crippen LogP contribution in [0.3, 0.4) is 0 Å². The van der Waals surface area contributed by atoms with Crippen molar-refractivity contribution in [1.82, 2.24) is 0 Å². The van der Waals surface area contributed by atoms with Crippen molar-refractivity contribution in [2.75, 3.05) is 0 Å². The van der Waals surface area contributed by atoms with Gasteiger partial charge in [-0.25, -0.2) is 37.2 Å². The molecular weight excluding hydrogens is 620 g/mol. The molecule has 0 spiro atoms. The summed E-state index contributed by atoms with van der Waals surface area (Å²) in [5, 5.41) is 19.1. The maximum Gasteiger partial charge on any atom is 0.346 e. The summed E-state index contributed by atoms with van der Waals surface area (Å²) < 4.78 is 36.2. The number of benzene rings is 4. The highest BCUT2D eigenvalue weighted by Gasteiger charge is 2.31. The van der Waals surface area contributed by atoms with Crippen molar-refractivity contribution >= 4 is 45.7 Å². The van der Waals surface area contributed by atoms with Gasteiger partial charge >= 0.3 is 35.8 Å². The van der Waals surface area contributed by atoms with E-state index in [0.29, 0.717) is 17.5 Å². The van der Waals surface area contributed by atoms with Crippen LogP contribution in [0.15, 0.2) is 94.7 Å². The Labute approximate surface area is 260 Å². The summed E-state index contributed by atoms with van der Waals surface area (Å²) in [5.74, 6) is -8.57. The summed E-state index contributed by atoms with van der Waals surface area (Å²) in [7, 11) is -4.25. The van der Waals surface area contributed by atoms with Crippen molar-refractivity contribution in [3.05, 3.63) is 129 Å². The molecule has 0 saturated heterocycles. The van der Waals surface area contributed by atoms with Crippen molar-refractivity contribution in [2.24, 2.45) is 0 Å². The smallest absolute Gasteiger partial charge is 0.346 e. The normalized spacial score (nSPS) is 14.0. The molecule has 12 nitrogen and oxygen atoms in total. The van der Waals surface area contributed by atoms with E-state index in [1.165, 1.54) is 42.5 Å². The van der Waals surface area contributed by atoms with E-state index in [1.807, 2.05) is 0 Å². The molecule has 1 aliphatic rings. The van der Waals surface area contributed by atoms with Gasteiger partial charge < -0.3 is 19.7 Å². The van der Waals surface area contributed by atoms with E-state index in [-0.39, 0.29) is 16.0 Å². The molecule has 232 valence electrons. The molecule has 0 aromatic heterocycles. The molecule has 4 aromatic rings. The minimum absolute atomic E-state index is 0.0253. The first kappa shape index (κ1) is 31.5. The molecule has 0 saturated carbocycles. The summed E-state index contributed by atoms with van der Waals surface area (Å²) in [4.78, 5) is 74.8. The first-order valence-corrected chi connectivity index (χ1v) is 15.0. The molecule has 1 aliphatic heterocycles. The zero-order valence-corrected chi connectivity index (χ0v) is 24.6. The number of carbonyl (C=O) groups is 6. The van der Waals surface area contributed by atoms with Crippen molar-refractivity contribution in [2.45, 2.75) is 29.1 Å². The number of ether oxygens (including phenoxy) is 2.